The van der Waals surface area contributed by atoms with Crippen molar-refractivity contribution in [3.63, 3.8) is 0 Å². The number of hydrogen-bond acceptors (Lipinski definition) is 10. The summed E-state index contributed by atoms with van der Waals surface area (Å²) in [6.45, 7) is 4.61. The second-order valence-corrected chi connectivity index (χ2v) is 22.3. The first-order valence-electron chi connectivity index (χ1n) is 30.9. The van der Waals surface area contributed by atoms with E-state index in [1.165, 1.54) is 154 Å². The molecule has 0 radical (unpaired) electrons. The Morgan fingerprint density at radius 2 is 0.689 bits per heavy atom. The molecule has 0 fully saturated rings. The molecule has 12 heteroatoms. The molecular weight excluding hydrogens is 952 g/mol. The zero-order chi connectivity index (χ0) is 54.1. The number of allylic oxidation sites excluding steroid dienone is 6. The number of aliphatic hydroxyl groups is 1. The summed E-state index contributed by atoms with van der Waals surface area (Å²) < 4.78 is 39.6. The summed E-state index contributed by atoms with van der Waals surface area (Å²) in [5, 5.41) is 9.82. The molecule has 0 heterocycles. The molecule has 0 rings (SSSR count). The smallest absolute Gasteiger partial charge is 0.462 e. The van der Waals surface area contributed by atoms with E-state index in [1.807, 2.05) is 0 Å². The first kappa shape index (κ1) is 71.7. The van der Waals surface area contributed by atoms with Gasteiger partial charge in [-0.3, -0.25) is 23.4 Å². The Kier molecular flexibility index (Phi) is 55.1. The van der Waals surface area contributed by atoms with Gasteiger partial charge in [-0.1, -0.05) is 250 Å². The lowest BCUT2D eigenvalue weighted by Gasteiger charge is -2.21. The Balaban J connectivity index is 4.69. The molecule has 3 unspecified atom stereocenters. The normalized spacial score (nSPS) is 13.5. The first-order valence-corrected chi connectivity index (χ1v) is 32.4. The van der Waals surface area contributed by atoms with E-state index < -0.39 is 57.8 Å². The molecule has 0 saturated carbocycles. The highest BCUT2D eigenvalue weighted by atomic mass is 31.2. The second-order valence-electron chi connectivity index (χ2n) is 20.9. The molecule has 2 N–H and O–H groups in total. The SMILES string of the molecule is CCC/C=C\C/C=C\CCCCCCCC(=O)OC(CO)COP(=O)(O)OCC(COC(=O)CCCCCCCCCCCCCCCCCCC)OC(=O)CCCCCCCCC/C=C\CCCCCCCC. The van der Waals surface area contributed by atoms with Crippen molar-refractivity contribution in [3.05, 3.63) is 36.5 Å². The lowest BCUT2D eigenvalue weighted by atomic mass is 10.0. The fourth-order valence-electron chi connectivity index (χ4n) is 8.80. The van der Waals surface area contributed by atoms with Gasteiger partial charge in [-0.15, -0.1) is 0 Å². The topological polar surface area (TPSA) is 155 Å². The van der Waals surface area contributed by atoms with Gasteiger partial charge in [-0.05, 0) is 70.6 Å². The van der Waals surface area contributed by atoms with Crippen molar-refractivity contribution in [1.29, 1.82) is 0 Å². The number of carbonyl (C=O) groups excluding carboxylic acids is 3. The maximum Gasteiger partial charge on any atom is 0.472 e. The summed E-state index contributed by atoms with van der Waals surface area (Å²) in [6.07, 6.45) is 59.5. The number of unbranched alkanes of at least 4 members (excludes halogenated alkanes) is 35. The van der Waals surface area contributed by atoms with Crippen LogP contribution in [0.5, 0.6) is 0 Å². The molecule has 74 heavy (non-hydrogen) atoms. The van der Waals surface area contributed by atoms with Gasteiger partial charge in [0.25, 0.3) is 0 Å². The lowest BCUT2D eigenvalue weighted by molar-refractivity contribution is -0.161. The van der Waals surface area contributed by atoms with E-state index in [9.17, 15) is 28.9 Å². The summed E-state index contributed by atoms with van der Waals surface area (Å²) in [4.78, 5) is 48.6. The number of carbonyl (C=O) groups is 3. The zero-order valence-corrected chi connectivity index (χ0v) is 49.0. The molecule has 434 valence electrons. The minimum absolute atomic E-state index is 0.163. The maximum atomic E-state index is 12.9. The number of rotatable bonds is 58. The van der Waals surface area contributed by atoms with Crippen molar-refractivity contribution in [2.24, 2.45) is 0 Å². The minimum Gasteiger partial charge on any atom is -0.462 e. The molecule has 0 saturated heterocycles. The van der Waals surface area contributed by atoms with Crippen molar-refractivity contribution in [2.45, 2.75) is 315 Å². The van der Waals surface area contributed by atoms with E-state index in [0.717, 1.165) is 89.9 Å². The lowest BCUT2D eigenvalue weighted by Crippen LogP contribution is -2.30. The summed E-state index contributed by atoms with van der Waals surface area (Å²) >= 11 is 0. The number of hydrogen-bond donors (Lipinski definition) is 2. The average Bonchev–Trinajstić information content (AvgIpc) is 3.39. The van der Waals surface area contributed by atoms with Gasteiger partial charge in [0.1, 0.15) is 12.7 Å². The van der Waals surface area contributed by atoms with Gasteiger partial charge < -0.3 is 24.2 Å². The van der Waals surface area contributed by atoms with Crippen molar-refractivity contribution < 1.29 is 52.2 Å². The molecule has 11 nitrogen and oxygen atoms in total. The summed E-state index contributed by atoms with van der Waals surface area (Å²) in [6, 6.07) is 0. The van der Waals surface area contributed by atoms with Gasteiger partial charge in [-0.25, -0.2) is 4.57 Å². The Labute approximate surface area is 454 Å². The minimum atomic E-state index is -4.75. The van der Waals surface area contributed by atoms with Crippen LogP contribution in [0, 0.1) is 0 Å². The fraction of sp³-hybridized carbons (Fsp3) is 0.855. The zero-order valence-electron chi connectivity index (χ0n) is 48.1. The molecule has 0 aromatic heterocycles. The number of esters is 3. The highest BCUT2D eigenvalue weighted by Gasteiger charge is 2.28. The summed E-state index contributed by atoms with van der Waals surface area (Å²) in [7, 11) is -4.75. The molecule has 0 aliphatic rings. The molecule has 0 bridgehead atoms. The van der Waals surface area contributed by atoms with Gasteiger partial charge in [0.2, 0.25) is 0 Å². The number of ether oxygens (including phenoxy) is 3. The predicted octanol–water partition coefficient (Wildman–Crippen LogP) is 18.4. The fourth-order valence-corrected chi connectivity index (χ4v) is 9.59. The van der Waals surface area contributed by atoms with E-state index in [-0.39, 0.29) is 25.9 Å². The number of phosphoric acid groups is 1. The van der Waals surface area contributed by atoms with E-state index in [2.05, 4.69) is 57.2 Å². The van der Waals surface area contributed by atoms with Crippen LogP contribution in [0.15, 0.2) is 36.5 Å². The summed E-state index contributed by atoms with van der Waals surface area (Å²) in [5.74, 6) is -1.46. The summed E-state index contributed by atoms with van der Waals surface area (Å²) in [5.41, 5.74) is 0. The van der Waals surface area contributed by atoms with Crippen LogP contribution in [-0.2, 0) is 42.2 Å². The Morgan fingerprint density at radius 1 is 0.378 bits per heavy atom. The van der Waals surface area contributed by atoms with Crippen molar-refractivity contribution in [2.75, 3.05) is 26.4 Å². The average molecular weight is 1070 g/mol. The molecule has 0 amide bonds. The van der Waals surface area contributed by atoms with Crippen LogP contribution < -0.4 is 0 Å². The monoisotopic (exact) mass is 1070 g/mol. The van der Waals surface area contributed by atoms with E-state index in [4.69, 9.17) is 23.3 Å². The van der Waals surface area contributed by atoms with Gasteiger partial charge in [0, 0.05) is 19.3 Å². The molecule has 0 aromatic rings. The van der Waals surface area contributed by atoms with E-state index >= 15 is 0 Å². The molecule has 0 aliphatic carbocycles. The highest BCUT2D eigenvalue weighted by molar-refractivity contribution is 7.47. The van der Waals surface area contributed by atoms with Gasteiger partial charge >= 0.3 is 25.7 Å². The van der Waals surface area contributed by atoms with Crippen molar-refractivity contribution in [1.82, 2.24) is 0 Å². The van der Waals surface area contributed by atoms with Crippen LogP contribution in [-0.4, -0.2) is 66.5 Å². The maximum absolute atomic E-state index is 12.9. The van der Waals surface area contributed by atoms with Crippen LogP contribution in [0.25, 0.3) is 0 Å². The standard InChI is InChI=1S/C62H115O11P/c1-4-7-10-13-16-19-22-25-27-29-31-34-36-39-42-45-48-51-60(64)69-55-59(73-62(66)53-50-47-44-41-38-35-32-30-28-26-23-20-17-14-11-8-5-2)57-71-74(67,68)70-56-58(54-63)72-61(65)52-49-46-43-40-37-33-24-21-18-15-12-9-6-3/h12,15,21,24,26,28,58-59,63H,4-11,13-14,16-20,22-23,25,27,29-57H2,1-3H3,(H,67,68)/b15-12-,24-21-,28-26-. The van der Waals surface area contributed by atoms with E-state index in [0.29, 0.717) is 19.3 Å². The van der Waals surface area contributed by atoms with E-state index in [1.54, 1.807) is 0 Å². The first-order chi connectivity index (χ1) is 36.2. The van der Waals surface area contributed by atoms with Crippen LogP contribution in [0.1, 0.15) is 303 Å². The quantitative estimate of drug-likeness (QED) is 0.0197. The highest BCUT2D eigenvalue weighted by Crippen LogP contribution is 2.43. The van der Waals surface area contributed by atoms with Gasteiger partial charge in [-0.2, -0.15) is 0 Å². The van der Waals surface area contributed by atoms with Crippen molar-refractivity contribution >= 4 is 25.7 Å². The van der Waals surface area contributed by atoms with Gasteiger partial charge in [0.15, 0.2) is 6.10 Å². The third-order valence-electron chi connectivity index (χ3n) is 13.5. The second kappa shape index (κ2) is 56.9. The Bertz CT molecular complexity index is 1380. The molecule has 0 spiro atoms. The van der Waals surface area contributed by atoms with Crippen molar-refractivity contribution in [3.8, 4) is 0 Å². The van der Waals surface area contributed by atoms with Gasteiger partial charge in [0.05, 0.1) is 19.8 Å². The van der Waals surface area contributed by atoms with Crippen LogP contribution >= 0.6 is 7.82 Å². The molecule has 3 atom stereocenters. The van der Waals surface area contributed by atoms with Crippen LogP contribution in [0.3, 0.4) is 0 Å². The van der Waals surface area contributed by atoms with Crippen LogP contribution in [0.4, 0.5) is 0 Å². The Hall–Kier alpha value is -2.30. The number of aliphatic hydroxyl groups excluding tert-OH is 1. The predicted molar refractivity (Wildman–Crippen MR) is 307 cm³/mol. The van der Waals surface area contributed by atoms with Crippen LogP contribution in [0.2, 0.25) is 0 Å². The molecule has 0 aromatic carbocycles. The molecule has 0 aliphatic heterocycles. The largest absolute Gasteiger partial charge is 0.472 e. The molecular formula is C62H115O11P. The Morgan fingerprint density at radius 3 is 1.07 bits per heavy atom. The third-order valence-corrected chi connectivity index (χ3v) is 14.5. The number of phosphoric ester groups is 1. The third kappa shape index (κ3) is 54.5.